The zero-order valence-electron chi connectivity index (χ0n) is 8.00. The molecule has 0 saturated carbocycles. The van der Waals surface area contributed by atoms with E-state index in [2.05, 4.69) is 5.32 Å². The molecule has 14 heavy (non-hydrogen) atoms. The maximum atomic E-state index is 11.3. The average molecular weight is 193 g/mol. The Morgan fingerprint density at radius 3 is 2.43 bits per heavy atom. The topological polar surface area (TPSA) is 66.4 Å². The summed E-state index contributed by atoms with van der Waals surface area (Å²) in [6.07, 6.45) is 0. The molecule has 1 aromatic carbocycles. The van der Waals surface area contributed by atoms with E-state index >= 15 is 0 Å². The third-order valence-electron chi connectivity index (χ3n) is 1.95. The molecule has 0 radical (unpaired) electrons. The highest BCUT2D eigenvalue weighted by Gasteiger charge is 2.09. The number of carbonyl (C=O) groups is 2. The van der Waals surface area contributed by atoms with Gasteiger partial charge < -0.3 is 10.4 Å². The highest BCUT2D eigenvalue weighted by Crippen LogP contribution is 2.10. The summed E-state index contributed by atoms with van der Waals surface area (Å²) in [7, 11) is 1.53. The van der Waals surface area contributed by atoms with Crippen molar-refractivity contribution in [1.82, 2.24) is 5.32 Å². The third-order valence-corrected chi connectivity index (χ3v) is 1.95. The molecule has 0 atom stereocenters. The van der Waals surface area contributed by atoms with Gasteiger partial charge >= 0.3 is 5.97 Å². The second-order valence-corrected chi connectivity index (χ2v) is 2.91. The summed E-state index contributed by atoms with van der Waals surface area (Å²) in [5.74, 6) is -1.20. The summed E-state index contributed by atoms with van der Waals surface area (Å²) >= 11 is 0. The van der Waals surface area contributed by atoms with Crippen molar-refractivity contribution >= 4 is 11.9 Å². The molecule has 0 bridgehead atoms. The lowest BCUT2D eigenvalue weighted by Gasteiger charge is -2.04. The molecular formula is C10H11NO3. The van der Waals surface area contributed by atoms with Crippen molar-refractivity contribution < 1.29 is 14.7 Å². The highest BCUT2D eigenvalue weighted by atomic mass is 16.4. The van der Waals surface area contributed by atoms with E-state index in [-0.39, 0.29) is 11.5 Å². The number of carboxylic acids is 1. The summed E-state index contributed by atoms with van der Waals surface area (Å²) in [6, 6.07) is 4.41. The van der Waals surface area contributed by atoms with Crippen molar-refractivity contribution in [3.8, 4) is 0 Å². The number of carbonyl (C=O) groups excluding carboxylic acids is 1. The van der Waals surface area contributed by atoms with Crippen molar-refractivity contribution in [3.05, 3.63) is 34.9 Å². The van der Waals surface area contributed by atoms with Gasteiger partial charge in [0, 0.05) is 12.6 Å². The van der Waals surface area contributed by atoms with E-state index in [0.717, 1.165) is 0 Å². The van der Waals surface area contributed by atoms with Gasteiger partial charge in [0.15, 0.2) is 0 Å². The molecule has 0 spiro atoms. The van der Waals surface area contributed by atoms with Crippen LogP contribution in [0.5, 0.6) is 0 Å². The second kappa shape index (κ2) is 3.91. The van der Waals surface area contributed by atoms with Crippen LogP contribution in [0.2, 0.25) is 0 Å². The smallest absolute Gasteiger partial charge is 0.335 e. The molecule has 4 nitrogen and oxygen atoms in total. The minimum Gasteiger partial charge on any atom is -0.478 e. The summed E-state index contributed by atoms with van der Waals surface area (Å²) in [6.45, 7) is 1.71. The number of aromatic carboxylic acids is 1. The highest BCUT2D eigenvalue weighted by molar-refractivity contribution is 5.97. The van der Waals surface area contributed by atoms with Gasteiger partial charge in [-0.25, -0.2) is 4.79 Å². The Balaban J connectivity index is 3.14. The molecule has 1 aromatic rings. The lowest BCUT2D eigenvalue weighted by molar-refractivity contribution is 0.0696. The number of aryl methyl sites for hydroxylation is 1. The number of benzene rings is 1. The lowest BCUT2D eigenvalue weighted by atomic mass is 10.0. The van der Waals surface area contributed by atoms with E-state index in [1.165, 1.54) is 25.2 Å². The molecule has 0 heterocycles. The first-order valence-corrected chi connectivity index (χ1v) is 4.12. The van der Waals surface area contributed by atoms with E-state index < -0.39 is 5.97 Å². The Labute approximate surface area is 81.6 Å². The summed E-state index contributed by atoms with van der Waals surface area (Å²) < 4.78 is 0. The van der Waals surface area contributed by atoms with Gasteiger partial charge in [0.2, 0.25) is 0 Å². The number of hydrogen-bond donors (Lipinski definition) is 2. The number of amides is 1. The summed E-state index contributed by atoms with van der Waals surface area (Å²) in [5, 5.41) is 11.2. The van der Waals surface area contributed by atoms with Crippen molar-refractivity contribution in [1.29, 1.82) is 0 Å². The van der Waals surface area contributed by atoms with Gasteiger partial charge in [-0.1, -0.05) is 0 Å². The fourth-order valence-corrected chi connectivity index (χ4v) is 1.19. The molecule has 0 fully saturated rings. The molecular weight excluding hydrogens is 182 g/mol. The Kier molecular flexibility index (Phi) is 2.86. The van der Waals surface area contributed by atoms with Crippen LogP contribution < -0.4 is 5.32 Å². The molecule has 0 aliphatic rings. The van der Waals surface area contributed by atoms with Crippen molar-refractivity contribution in [3.63, 3.8) is 0 Å². The minimum atomic E-state index is -0.989. The molecule has 74 valence electrons. The van der Waals surface area contributed by atoms with Crippen LogP contribution in [0, 0.1) is 6.92 Å². The zero-order chi connectivity index (χ0) is 10.7. The monoisotopic (exact) mass is 193 g/mol. The first-order valence-electron chi connectivity index (χ1n) is 4.12. The molecule has 1 amide bonds. The minimum absolute atomic E-state index is 0.190. The van der Waals surface area contributed by atoms with Crippen molar-refractivity contribution in [2.45, 2.75) is 6.92 Å². The van der Waals surface area contributed by atoms with Crippen LogP contribution >= 0.6 is 0 Å². The first-order chi connectivity index (χ1) is 6.56. The molecule has 0 aliphatic carbocycles. The van der Waals surface area contributed by atoms with E-state index in [1.54, 1.807) is 6.92 Å². The van der Waals surface area contributed by atoms with Crippen LogP contribution in [0.1, 0.15) is 26.3 Å². The second-order valence-electron chi connectivity index (χ2n) is 2.91. The van der Waals surface area contributed by atoms with Crippen molar-refractivity contribution in [2.24, 2.45) is 0 Å². The van der Waals surface area contributed by atoms with Crippen LogP contribution in [-0.2, 0) is 0 Å². The van der Waals surface area contributed by atoms with Crippen LogP contribution in [0.25, 0.3) is 0 Å². The zero-order valence-corrected chi connectivity index (χ0v) is 8.00. The Hall–Kier alpha value is -1.84. The van der Waals surface area contributed by atoms with Crippen LogP contribution in [-0.4, -0.2) is 24.0 Å². The van der Waals surface area contributed by atoms with Gasteiger partial charge in [-0.3, -0.25) is 4.79 Å². The van der Waals surface area contributed by atoms with E-state index in [4.69, 9.17) is 5.11 Å². The number of hydrogen-bond acceptors (Lipinski definition) is 2. The average Bonchev–Trinajstić information content (AvgIpc) is 2.16. The Bertz CT molecular complexity index is 385. The van der Waals surface area contributed by atoms with Gasteiger partial charge in [0.25, 0.3) is 5.91 Å². The normalized spacial score (nSPS) is 9.57. The Morgan fingerprint density at radius 2 is 2.00 bits per heavy atom. The predicted molar refractivity (Wildman–Crippen MR) is 51.5 cm³/mol. The van der Waals surface area contributed by atoms with Crippen LogP contribution in [0.3, 0.4) is 0 Å². The third kappa shape index (κ3) is 1.90. The molecule has 1 rings (SSSR count). The Morgan fingerprint density at radius 1 is 1.36 bits per heavy atom. The SMILES string of the molecule is CNC(=O)c1ccc(C(=O)O)cc1C. The van der Waals surface area contributed by atoms with E-state index in [9.17, 15) is 9.59 Å². The summed E-state index contributed by atoms with van der Waals surface area (Å²) in [4.78, 5) is 21.9. The molecule has 0 aliphatic heterocycles. The van der Waals surface area contributed by atoms with E-state index in [1.807, 2.05) is 0 Å². The van der Waals surface area contributed by atoms with Gasteiger partial charge in [-0.2, -0.15) is 0 Å². The molecule has 2 N–H and O–H groups in total. The van der Waals surface area contributed by atoms with Crippen molar-refractivity contribution in [2.75, 3.05) is 7.05 Å². The number of nitrogens with one attached hydrogen (secondary N) is 1. The van der Waals surface area contributed by atoms with E-state index in [0.29, 0.717) is 11.1 Å². The molecule has 4 heteroatoms. The maximum Gasteiger partial charge on any atom is 0.335 e. The largest absolute Gasteiger partial charge is 0.478 e. The fraction of sp³-hybridized carbons (Fsp3) is 0.200. The maximum absolute atomic E-state index is 11.3. The van der Waals surface area contributed by atoms with Crippen LogP contribution in [0.15, 0.2) is 18.2 Å². The standard InChI is InChI=1S/C10H11NO3/c1-6-5-7(10(13)14)3-4-8(6)9(12)11-2/h3-5H,1-2H3,(H,11,12)(H,13,14). The lowest BCUT2D eigenvalue weighted by Crippen LogP contribution is -2.19. The fourth-order valence-electron chi connectivity index (χ4n) is 1.19. The van der Waals surface area contributed by atoms with Gasteiger partial charge in [0.05, 0.1) is 5.56 Å². The number of carboxylic acid groups (broad SMARTS) is 1. The van der Waals surface area contributed by atoms with Gasteiger partial charge in [-0.15, -0.1) is 0 Å². The molecule has 0 unspecified atom stereocenters. The van der Waals surface area contributed by atoms with Gasteiger partial charge in [0.1, 0.15) is 0 Å². The molecule has 0 aromatic heterocycles. The van der Waals surface area contributed by atoms with Crippen LogP contribution in [0.4, 0.5) is 0 Å². The predicted octanol–water partition coefficient (Wildman–Crippen LogP) is 1.05. The summed E-state index contributed by atoms with van der Waals surface area (Å²) in [5.41, 5.74) is 1.34. The quantitative estimate of drug-likeness (QED) is 0.737. The van der Waals surface area contributed by atoms with Gasteiger partial charge in [-0.05, 0) is 30.7 Å². The molecule has 0 saturated heterocycles. The number of rotatable bonds is 2. The first kappa shape index (κ1) is 10.2.